The first-order chi connectivity index (χ1) is 15.6. The van der Waals surface area contributed by atoms with Crippen molar-refractivity contribution < 1.29 is 32.3 Å². The molecule has 1 aromatic carbocycles. The lowest BCUT2D eigenvalue weighted by molar-refractivity contribution is -0.136. The fraction of sp³-hybridized carbons (Fsp3) is 0.348. The number of nitrogens with one attached hydrogen (secondary N) is 1. The molecule has 178 valence electrons. The molecule has 0 fully saturated rings. The molecule has 33 heavy (non-hydrogen) atoms. The topological polar surface area (TPSA) is 123 Å². The van der Waals surface area contributed by atoms with Gasteiger partial charge in [-0.3, -0.25) is 4.79 Å². The summed E-state index contributed by atoms with van der Waals surface area (Å²) in [6.07, 6.45) is 2.61. The Morgan fingerprint density at radius 2 is 1.67 bits per heavy atom. The van der Waals surface area contributed by atoms with Crippen molar-refractivity contribution in [2.45, 2.75) is 32.6 Å². The van der Waals surface area contributed by atoms with E-state index in [1.165, 1.54) is 29.6 Å². The number of hydrogen-bond donors (Lipinski definition) is 1. The molecule has 10 heteroatoms. The van der Waals surface area contributed by atoms with E-state index >= 15 is 0 Å². The molecule has 0 aliphatic heterocycles. The molecule has 2 aromatic rings. The zero-order chi connectivity index (χ0) is 24.8. The second-order valence-corrected chi connectivity index (χ2v) is 9.08. The van der Waals surface area contributed by atoms with Crippen LogP contribution in [0, 0.1) is 13.8 Å². The molecule has 0 unspecified atom stereocenters. The van der Waals surface area contributed by atoms with Gasteiger partial charge in [-0.25, -0.2) is 18.0 Å². The highest BCUT2D eigenvalue weighted by molar-refractivity contribution is 7.89. The van der Waals surface area contributed by atoms with Crippen molar-refractivity contribution in [3.63, 3.8) is 0 Å². The van der Waals surface area contributed by atoms with Gasteiger partial charge in [0.25, 0.3) is 0 Å². The van der Waals surface area contributed by atoms with Crippen LogP contribution in [0.25, 0.3) is 6.08 Å². The van der Waals surface area contributed by atoms with E-state index in [1.807, 2.05) is 0 Å². The first-order valence-corrected chi connectivity index (χ1v) is 11.8. The summed E-state index contributed by atoms with van der Waals surface area (Å²) in [5.74, 6) is -1.79. The van der Waals surface area contributed by atoms with Gasteiger partial charge < -0.3 is 14.5 Å². The van der Waals surface area contributed by atoms with E-state index in [1.54, 1.807) is 39.8 Å². The summed E-state index contributed by atoms with van der Waals surface area (Å²) in [6.45, 7) is 7.02. The lowest BCUT2D eigenvalue weighted by atomic mass is 10.1. The molecule has 1 aromatic heterocycles. The lowest BCUT2D eigenvalue weighted by Crippen LogP contribution is -2.30. The average Bonchev–Trinajstić information content (AvgIpc) is 3.10. The number of hydrogen-bond acceptors (Lipinski definition) is 7. The highest BCUT2D eigenvalue weighted by atomic mass is 32.2. The highest BCUT2D eigenvalue weighted by Crippen LogP contribution is 2.20. The Kier molecular flexibility index (Phi) is 8.72. The number of H-pyrrole nitrogens is 1. The number of Topliss-reactive ketones (excluding diaryl/α,β-unsaturated/α-hetero) is 1. The third kappa shape index (κ3) is 5.96. The Labute approximate surface area is 193 Å². The van der Waals surface area contributed by atoms with E-state index in [0.717, 1.165) is 6.08 Å². The van der Waals surface area contributed by atoms with Crippen molar-refractivity contribution in [2.75, 3.05) is 26.8 Å². The molecule has 9 nitrogen and oxygen atoms in total. The SMILES string of the molecule is CCN(CC)S(=O)(=O)c1ccc(/C=C/C(=O)OCC(=O)c2[nH]c(C)c(C(=O)OC)c2C)cc1. The molecule has 1 N–H and O–H groups in total. The minimum absolute atomic E-state index is 0.166. The number of nitrogens with zero attached hydrogens (tertiary/aromatic N) is 1. The second-order valence-electron chi connectivity index (χ2n) is 7.14. The number of aromatic nitrogens is 1. The number of rotatable bonds is 10. The maximum absolute atomic E-state index is 12.5. The van der Waals surface area contributed by atoms with Gasteiger partial charge in [0.05, 0.1) is 23.3 Å². The average molecular weight is 477 g/mol. The standard InChI is InChI=1S/C23H28N2O7S/c1-6-25(7-2)33(29,30)18-11-8-17(9-12-18)10-13-20(27)32-14-19(26)22-15(3)21(16(4)24-22)23(28)31-5/h8-13,24H,6-7,14H2,1-5H3/b13-10+. The number of ether oxygens (including phenoxy) is 2. The molecule has 0 amide bonds. The van der Waals surface area contributed by atoms with Crippen molar-refractivity contribution in [2.24, 2.45) is 0 Å². The largest absolute Gasteiger partial charge is 0.465 e. The predicted molar refractivity (Wildman–Crippen MR) is 122 cm³/mol. The summed E-state index contributed by atoms with van der Waals surface area (Å²) in [5.41, 5.74) is 1.96. The van der Waals surface area contributed by atoms with E-state index in [0.29, 0.717) is 29.9 Å². The van der Waals surface area contributed by atoms with Gasteiger partial charge in [-0.05, 0) is 43.2 Å². The number of carbonyl (C=O) groups is 3. The van der Waals surface area contributed by atoms with Crippen LogP contribution in [0.15, 0.2) is 35.2 Å². The first-order valence-electron chi connectivity index (χ1n) is 10.3. The van der Waals surface area contributed by atoms with Gasteiger partial charge in [-0.2, -0.15) is 4.31 Å². The maximum atomic E-state index is 12.5. The van der Waals surface area contributed by atoms with E-state index < -0.39 is 34.4 Å². The quantitative estimate of drug-likeness (QED) is 0.318. The smallest absolute Gasteiger partial charge is 0.339 e. The minimum atomic E-state index is -3.56. The summed E-state index contributed by atoms with van der Waals surface area (Å²) in [6, 6.07) is 6.09. The number of sulfonamides is 1. The van der Waals surface area contributed by atoms with Crippen molar-refractivity contribution in [1.82, 2.24) is 9.29 Å². The molecular weight excluding hydrogens is 448 g/mol. The number of esters is 2. The zero-order valence-electron chi connectivity index (χ0n) is 19.3. The monoisotopic (exact) mass is 476 g/mol. The van der Waals surface area contributed by atoms with E-state index in [-0.39, 0.29) is 16.2 Å². The van der Waals surface area contributed by atoms with Crippen LogP contribution in [0.1, 0.15) is 51.5 Å². The van der Waals surface area contributed by atoms with E-state index in [9.17, 15) is 22.8 Å². The fourth-order valence-corrected chi connectivity index (χ4v) is 4.78. The number of carbonyl (C=O) groups excluding carboxylic acids is 3. The molecular formula is C23H28N2O7S. The van der Waals surface area contributed by atoms with E-state index in [4.69, 9.17) is 9.47 Å². The summed E-state index contributed by atoms with van der Waals surface area (Å²) in [7, 11) is -2.31. The summed E-state index contributed by atoms with van der Waals surface area (Å²) < 4.78 is 36.1. The molecule has 0 aliphatic carbocycles. The van der Waals surface area contributed by atoms with E-state index in [2.05, 4.69) is 4.98 Å². The Balaban J connectivity index is 2.01. The Bertz CT molecular complexity index is 1160. The maximum Gasteiger partial charge on any atom is 0.339 e. The number of aromatic amines is 1. The minimum Gasteiger partial charge on any atom is -0.465 e. The van der Waals surface area contributed by atoms with Crippen molar-refractivity contribution in [3.05, 3.63) is 58.4 Å². The second kappa shape index (κ2) is 11.1. The molecule has 0 spiro atoms. The lowest BCUT2D eigenvalue weighted by Gasteiger charge is -2.18. The predicted octanol–water partition coefficient (Wildman–Crippen LogP) is 2.89. The fourth-order valence-electron chi connectivity index (χ4n) is 3.32. The number of benzene rings is 1. The molecule has 2 rings (SSSR count). The number of methoxy groups -OCH3 is 1. The van der Waals surface area contributed by atoms with Crippen LogP contribution in [-0.4, -0.2) is 62.2 Å². The summed E-state index contributed by atoms with van der Waals surface area (Å²) >= 11 is 0. The Morgan fingerprint density at radius 3 is 2.21 bits per heavy atom. The van der Waals surface area contributed by atoms with Crippen LogP contribution in [0.2, 0.25) is 0 Å². The van der Waals surface area contributed by atoms with Gasteiger partial charge in [0.2, 0.25) is 15.8 Å². The molecule has 0 saturated heterocycles. The molecule has 0 atom stereocenters. The Morgan fingerprint density at radius 1 is 1.06 bits per heavy atom. The summed E-state index contributed by atoms with van der Waals surface area (Å²) in [5, 5.41) is 0. The highest BCUT2D eigenvalue weighted by Gasteiger charge is 2.23. The van der Waals surface area contributed by atoms with Gasteiger partial charge >= 0.3 is 11.9 Å². The molecule has 0 aliphatic rings. The van der Waals surface area contributed by atoms with Gasteiger partial charge in [-0.1, -0.05) is 26.0 Å². The number of ketones is 1. The van der Waals surface area contributed by atoms with Crippen LogP contribution in [0.3, 0.4) is 0 Å². The number of aryl methyl sites for hydroxylation is 1. The third-order valence-electron chi connectivity index (χ3n) is 5.09. The van der Waals surface area contributed by atoms with Gasteiger partial charge in [0.15, 0.2) is 6.61 Å². The van der Waals surface area contributed by atoms with Crippen LogP contribution in [-0.2, 0) is 24.3 Å². The van der Waals surface area contributed by atoms with Crippen LogP contribution >= 0.6 is 0 Å². The molecule has 0 bridgehead atoms. The van der Waals surface area contributed by atoms with Crippen molar-refractivity contribution in [1.29, 1.82) is 0 Å². The first kappa shape index (κ1) is 26.0. The molecule has 0 saturated carbocycles. The third-order valence-corrected chi connectivity index (χ3v) is 7.15. The van der Waals surface area contributed by atoms with Crippen LogP contribution in [0.5, 0.6) is 0 Å². The van der Waals surface area contributed by atoms with Gasteiger partial charge in [-0.15, -0.1) is 0 Å². The summed E-state index contributed by atoms with van der Waals surface area (Å²) in [4.78, 5) is 39.3. The molecule has 0 radical (unpaired) electrons. The van der Waals surface area contributed by atoms with Crippen molar-refractivity contribution in [3.8, 4) is 0 Å². The normalized spacial score (nSPS) is 11.7. The zero-order valence-corrected chi connectivity index (χ0v) is 20.1. The Hall–Kier alpha value is -3.24. The van der Waals surface area contributed by atoms with Gasteiger partial charge in [0.1, 0.15) is 0 Å². The van der Waals surface area contributed by atoms with Gasteiger partial charge in [0, 0.05) is 24.9 Å². The van der Waals surface area contributed by atoms with Crippen LogP contribution in [0.4, 0.5) is 0 Å². The van der Waals surface area contributed by atoms with Crippen LogP contribution < -0.4 is 0 Å². The van der Waals surface area contributed by atoms with Crippen molar-refractivity contribution >= 4 is 33.8 Å². The molecule has 1 heterocycles.